The molecule has 0 saturated carbocycles. The fourth-order valence-corrected chi connectivity index (χ4v) is 4.22. The highest BCUT2D eigenvalue weighted by atomic mass is 19.1. The summed E-state index contributed by atoms with van der Waals surface area (Å²) in [4.78, 5) is 30.7. The molecule has 32 heavy (non-hydrogen) atoms. The third-order valence-electron chi connectivity index (χ3n) is 5.97. The minimum absolute atomic E-state index is 0.00145. The zero-order valence-electron chi connectivity index (χ0n) is 16.9. The quantitative estimate of drug-likeness (QED) is 0.432. The van der Waals surface area contributed by atoms with Crippen molar-refractivity contribution in [1.29, 1.82) is 0 Å². The fraction of sp³-hybridized carbons (Fsp3) is 0.261. The molecule has 0 amide bonds. The van der Waals surface area contributed by atoms with Crippen LogP contribution in [0.3, 0.4) is 0 Å². The zero-order valence-corrected chi connectivity index (χ0v) is 16.9. The van der Waals surface area contributed by atoms with Crippen molar-refractivity contribution in [3.05, 3.63) is 64.8 Å². The predicted octanol–water partition coefficient (Wildman–Crippen LogP) is 1.87. The second-order valence-electron chi connectivity index (χ2n) is 7.87. The van der Waals surface area contributed by atoms with Crippen LogP contribution in [0.1, 0.15) is 38.8 Å². The van der Waals surface area contributed by atoms with Gasteiger partial charge in [-0.1, -0.05) is 30.3 Å². The van der Waals surface area contributed by atoms with Gasteiger partial charge in [-0.3, -0.25) is 14.6 Å². The molecule has 2 aromatic carbocycles. The van der Waals surface area contributed by atoms with Gasteiger partial charge >= 0.3 is 0 Å². The highest BCUT2D eigenvalue weighted by Gasteiger charge is 2.45. The summed E-state index contributed by atoms with van der Waals surface area (Å²) in [6, 6.07) is 8.46. The number of pyridine rings is 1. The molecule has 1 aliphatic heterocycles. The van der Waals surface area contributed by atoms with Gasteiger partial charge < -0.3 is 25.4 Å². The Labute approximate surface area is 181 Å². The highest BCUT2D eigenvalue weighted by molar-refractivity contribution is 6.33. The van der Waals surface area contributed by atoms with Gasteiger partial charge in [0.05, 0.1) is 17.7 Å². The SMILES string of the molecule is C[C@@H]1O[C@@H](Oc2c(O)c3c(c4cccnc24)C(=O)c2ccccc2C3=O)[C@H](F)[C@H](O)[C@@H]1N. The van der Waals surface area contributed by atoms with Crippen LogP contribution in [-0.4, -0.2) is 57.5 Å². The molecule has 0 unspecified atom stereocenters. The monoisotopic (exact) mass is 438 g/mol. The van der Waals surface area contributed by atoms with Gasteiger partial charge in [-0.15, -0.1) is 0 Å². The lowest BCUT2D eigenvalue weighted by Gasteiger charge is -2.38. The van der Waals surface area contributed by atoms with Crippen molar-refractivity contribution in [1.82, 2.24) is 4.98 Å². The first-order valence-electron chi connectivity index (χ1n) is 10.0. The molecule has 1 aliphatic carbocycles. The Morgan fingerprint density at radius 1 is 1.09 bits per heavy atom. The van der Waals surface area contributed by atoms with Gasteiger partial charge in [-0.05, 0) is 13.0 Å². The summed E-state index contributed by atoms with van der Waals surface area (Å²) in [6.07, 6.45) is -4.52. The summed E-state index contributed by atoms with van der Waals surface area (Å²) in [5.41, 5.74) is 5.90. The number of carbonyl (C=O) groups excluding carboxylic acids is 2. The Hall–Kier alpha value is -3.40. The van der Waals surface area contributed by atoms with Crippen LogP contribution in [0.4, 0.5) is 4.39 Å². The molecule has 0 radical (unpaired) electrons. The number of benzene rings is 2. The summed E-state index contributed by atoms with van der Waals surface area (Å²) in [5.74, 6) is -1.98. The lowest BCUT2D eigenvalue weighted by molar-refractivity contribution is -0.218. The first-order valence-corrected chi connectivity index (χ1v) is 10.0. The number of aromatic hydroxyl groups is 1. The van der Waals surface area contributed by atoms with Crippen molar-refractivity contribution >= 4 is 22.5 Å². The third kappa shape index (κ3) is 2.82. The molecule has 1 saturated heterocycles. The first-order chi connectivity index (χ1) is 15.3. The van der Waals surface area contributed by atoms with Crippen LogP contribution < -0.4 is 10.5 Å². The molecule has 2 heterocycles. The number of aromatic nitrogens is 1. The molecule has 8 nitrogen and oxygen atoms in total. The van der Waals surface area contributed by atoms with Gasteiger partial charge in [0, 0.05) is 28.3 Å². The Balaban J connectivity index is 1.70. The number of hydrogen-bond donors (Lipinski definition) is 3. The fourth-order valence-electron chi connectivity index (χ4n) is 4.22. The number of aliphatic hydroxyl groups is 1. The number of phenolic OH excluding ortho intramolecular Hbond substituents is 1. The number of rotatable bonds is 2. The molecule has 3 aromatic rings. The summed E-state index contributed by atoms with van der Waals surface area (Å²) in [7, 11) is 0. The van der Waals surface area contributed by atoms with Gasteiger partial charge in [-0.25, -0.2) is 4.39 Å². The van der Waals surface area contributed by atoms with Crippen LogP contribution in [0, 0.1) is 0 Å². The predicted molar refractivity (Wildman–Crippen MR) is 111 cm³/mol. The normalized spacial score (nSPS) is 27.2. The van der Waals surface area contributed by atoms with Gasteiger partial charge in [0.15, 0.2) is 29.2 Å². The van der Waals surface area contributed by atoms with E-state index in [1.165, 1.54) is 18.3 Å². The topological polar surface area (TPSA) is 132 Å². The van der Waals surface area contributed by atoms with Crippen LogP contribution in [0.5, 0.6) is 11.5 Å². The van der Waals surface area contributed by atoms with Crippen molar-refractivity contribution in [2.45, 2.75) is 37.6 Å². The summed E-state index contributed by atoms with van der Waals surface area (Å²) in [5, 5.41) is 21.4. The molecule has 4 N–H and O–H groups in total. The average molecular weight is 438 g/mol. The zero-order chi connectivity index (χ0) is 22.7. The average Bonchev–Trinajstić information content (AvgIpc) is 2.80. The summed E-state index contributed by atoms with van der Waals surface area (Å²) < 4.78 is 25.9. The minimum Gasteiger partial charge on any atom is -0.504 e. The van der Waals surface area contributed by atoms with Crippen LogP contribution in [0.2, 0.25) is 0 Å². The van der Waals surface area contributed by atoms with E-state index in [4.69, 9.17) is 15.2 Å². The van der Waals surface area contributed by atoms with E-state index in [0.717, 1.165) is 0 Å². The number of hydrogen-bond acceptors (Lipinski definition) is 8. The summed E-state index contributed by atoms with van der Waals surface area (Å²) in [6.45, 7) is 1.55. The molecule has 1 fully saturated rings. The minimum atomic E-state index is -2.02. The van der Waals surface area contributed by atoms with Crippen molar-refractivity contribution < 1.29 is 33.7 Å². The lowest BCUT2D eigenvalue weighted by atomic mass is 9.81. The molecule has 9 heteroatoms. The maximum absolute atomic E-state index is 14.8. The van der Waals surface area contributed by atoms with E-state index in [9.17, 15) is 24.2 Å². The van der Waals surface area contributed by atoms with Gasteiger partial charge in [0.2, 0.25) is 6.29 Å². The maximum Gasteiger partial charge on any atom is 0.234 e. The molecular weight excluding hydrogens is 419 g/mol. The molecular formula is C23H19FN2O6. The van der Waals surface area contributed by atoms with E-state index in [2.05, 4.69) is 4.98 Å². The number of phenols is 1. The number of carbonyl (C=O) groups is 2. The third-order valence-corrected chi connectivity index (χ3v) is 5.97. The number of ether oxygens (including phenoxy) is 2. The van der Waals surface area contributed by atoms with Crippen LogP contribution in [0.25, 0.3) is 10.9 Å². The molecule has 1 aromatic heterocycles. The number of aliphatic hydroxyl groups excluding tert-OH is 1. The number of nitrogens with zero attached hydrogens (tertiary/aromatic N) is 1. The Morgan fingerprint density at radius 3 is 2.44 bits per heavy atom. The van der Waals surface area contributed by atoms with E-state index in [1.807, 2.05) is 0 Å². The smallest absolute Gasteiger partial charge is 0.234 e. The second-order valence-corrected chi connectivity index (χ2v) is 7.87. The van der Waals surface area contributed by atoms with E-state index in [0.29, 0.717) is 0 Å². The molecule has 2 aliphatic rings. The lowest BCUT2D eigenvalue weighted by Crippen LogP contribution is -2.60. The van der Waals surface area contributed by atoms with E-state index in [-0.39, 0.29) is 38.9 Å². The van der Waals surface area contributed by atoms with E-state index in [1.54, 1.807) is 31.2 Å². The molecule has 164 valence electrons. The van der Waals surface area contributed by atoms with Crippen molar-refractivity contribution in [3.8, 4) is 11.5 Å². The van der Waals surface area contributed by atoms with Crippen LogP contribution >= 0.6 is 0 Å². The van der Waals surface area contributed by atoms with Gasteiger partial charge in [0.1, 0.15) is 11.6 Å². The summed E-state index contributed by atoms with van der Waals surface area (Å²) >= 11 is 0. The number of ketones is 2. The largest absolute Gasteiger partial charge is 0.504 e. The molecule has 0 spiro atoms. The first kappa shape index (κ1) is 20.5. The number of nitrogens with two attached hydrogens (primary N) is 1. The Morgan fingerprint density at radius 2 is 1.75 bits per heavy atom. The van der Waals surface area contributed by atoms with Crippen molar-refractivity contribution in [2.24, 2.45) is 5.73 Å². The van der Waals surface area contributed by atoms with Gasteiger partial charge in [0.25, 0.3) is 0 Å². The van der Waals surface area contributed by atoms with E-state index >= 15 is 0 Å². The molecule has 5 rings (SSSR count). The molecule has 0 bridgehead atoms. The number of fused-ring (bicyclic) bond motifs is 4. The maximum atomic E-state index is 14.8. The van der Waals surface area contributed by atoms with Crippen molar-refractivity contribution in [3.63, 3.8) is 0 Å². The second kappa shape index (κ2) is 7.33. The van der Waals surface area contributed by atoms with Crippen LogP contribution in [0.15, 0.2) is 42.6 Å². The highest BCUT2D eigenvalue weighted by Crippen LogP contribution is 2.45. The van der Waals surface area contributed by atoms with E-state index < -0.39 is 48.0 Å². The number of halogens is 1. The van der Waals surface area contributed by atoms with Gasteiger partial charge in [-0.2, -0.15) is 0 Å². The van der Waals surface area contributed by atoms with Crippen LogP contribution in [-0.2, 0) is 4.74 Å². The Kier molecular flexibility index (Phi) is 4.70. The standard InChI is InChI=1S/C23H19FN2O6/c1-9-16(25)21(30)15(24)23(31-9)32-22-17-12(7-4-8-26-17)13-14(20(22)29)19(28)11-6-3-2-5-10(11)18(13)27/h2-9,15-16,21,23,29-30H,25H2,1H3/t9-,15+,16+,21-,23-/m0/s1. The molecule has 5 atom stereocenters. The Bertz CT molecular complexity index is 1280. The number of alkyl halides is 1. The van der Waals surface area contributed by atoms with Crippen molar-refractivity contribution in [2.75, 3.05) is 0 Å².